The topological polar surface area (TPSA) is 109 Å². The number of carbonyl (C=O) groups excluding carboxylic acids is 3. The van der Waals surface area contributed by atoms with Crippen LogP contribution < -0.4 is 5.32 Å². The highest BCUT2D eigenvalue weighted by molar-refractivity contribution is 6.33. The molecule has 0 radical (unpaired) electrons. The Hall–Kier alpha value is -3.39. The van der Waals surface area contributed by atoms with Gasteiger partial charge in [-0.3, -0.25) is 19.8 Å². The van der Waals surface area contributed by atoms with Crippen LogP contribution in [0, 0.1) is 13.8 Å². The summed E-state index contributed by atoms with van der Waals surface area (Å²) >= 11 is 5.94. The molecule has 0 aliphatic carbocycles. The average Bonchev–Trinajstić information content (AvgIpc) is 2.91. The van der Waals surface area contributed by atoms with Crippen molar-refractivity contribution >= 4 is 41.5 Å². The van der Waals surface area contributed by atoms with Crippen LogP contribution in [-0.2, 0) is 9.59 Å². The molecule has 0 atom stereocenters. The lowest BCUT2D eigenvalue weighted by molar-refractivity contribution is -0.129. The van der Waals surface area contributed by atoms with Crippen LogP contribution in [-0.4, -0.2) is 45.4 Å². The number of hydrogen-bond donors (Lipinski definition) is 2. The number of aromatic carboxylic acids is 1. The normalized spacial score (nSPS) is 15.9. The van der Waals surface area contributed by atoms with Gasteiger partial charge in [0.1, 0.15) is 5.57 Å². The molecular formula is C19H16ClN3O5. The molecule has 1 aromatic carbocycles. The fraction of sp³-hybridized carbons (Fsp3) is 0.158. The Balaban J connectivity index is 2.10. The van der Waals surface area contributed by atoms with Gasteiger partial charge in [0.05, 0.1) is 10.6 Å². The minimum atomic E-state index is -1.14. The van der Waals surface area contributed by atoms with Gasteiger partial charge in [0.25, 0.3) is 11.8 Å². The van der Waals surface area contributed by atoms with Gasteiger partial charge in [-0.15, -0.1) is 0 Å². The number of hydrogen-bond acceptors (Lipinski definition) is 4. The number of halogens is 1. The predicted molar refractivity (Wildman–Crippen MR) is 101 cm³/mol. The van der Waals surface area contributed by atoms with Gasteiger partial charge >= 0.3 is 12.0 Å². The summed E-state index contributed by atoms with van der Waals surface area (Å²) in [6.07, 6.45) is 1.41. The van der Waals surface area contributed by atoms with E-state index in [1.807, 2.05) is 6.92 Å². The number of carboxylic acid groups (broad SMARTS) is 1. The summed E-state index contributed by atoms with van der Waals surface area (Å²) in [4.78, 5) is 48.0. The average molecular weight is 402 g/mol. The summed E-state index contributed by atoms with van der Waals surface area (Å²) in [7, 11) is 1.28. The standard InChI is InChI=1S/C19H16ClN3O5/c1-9-6-11(7-14-16(24)21-19(28)22(3)17(14)25)10(2)23(9)12-4-5-15(20)13(8-12)18(26)27/h4-8H,1-3H3,(H,26,27)(H,21,24,28). The molecule has 9 heteroatoms. The first-order chi connectivity index (χ1) is 13.1. The minimum Gasteiger partial charge on any atom is -0.478 e. The smallest absolute Gasteiger partial charge is 0.337 e. The molecule has 1 aliphatic rings. The van der Waals surface area contributed by atoms with Crippen LogP contribution in [0.1, 0.15) is 27.3 Å². The second kappa shape index (κ2) is 6.97. The van der Waals surface area contributed by atoms with Gasteiger partial charge in [0, 0.05) is 24.1 Å². The lowest BCUT2D eigenvalue weighted by atomic mass is 10.1. The third-order valence-electron chi connectivity index (χ3n) is 4.51. The quantitative estimate of drug-likeness (QED) is 0.606. The molecule has 1 aliphatic heterocycles. The van der Waals surface area contributed by atoms with E-state index in [1.165, 1.54) is 25.3 Å². The summed E-state index contributed by atoms with van der Waals surface area (Å²) in [5.74, 6) is -2.61. The van der Waals surface area contributed by atoms with E-state index in [0.717, 1.165) is 10.6 Å². The highest BCUT2D eigenvalue weighted by Crippen LogP contribution is 2.26. The zero-order valence-corrected chi connectivity index (χ0v) is 16.0. The zero-order chi connectivity index (χ0) is 20.7. The molecule has 1 fully saturated rings. The van der Waals surface area contributed by atoms with Crippen LogP contribution in [0.15, 0.2) is 29.8 Å². The molecule has 2 heterocycles. The van der Waals surface area contributed by atoms with Gasteiger partial charge in [0.15, 0.2) is 0 Å². The largest absolute Gasteiger partial charge is 0.478 e. The van der Waals surface area contributed by atoms with E-state index in [0.29, 0.717) is 16.9 Å². The SMILES string of the molecule is Cc1cc(C=C2C(=O)NC(=O)N(C)C2=O)c(C)n1-c1ccc(Cl)c(C(=O)O)c1. The third kappa shape index (κ3) is 3.18. The van der Waals surface area contributed by atoms with E-state index in [9.17, 15) is 24.3 Å². The second-order valence-electron chi connectivity index (χ2n) is 6.31. The lowest BCUT2D eigenvalue weighted by Gasteiger charge is -2.22. The van der Waals surface area contributed by atoms with Crippen LogP contribution in [0.3, 0.4) is 0 Å². The molecule has 1 aromatic heterocycles. The summed E-state index contributed by atoms with van der Waals surface area (Å²) in [6, 6.07) is 5.60. The number of likely N-dealkylation sites (N-methyl/N-ethyl adjacent to an activating group) is 1. The van der Waals surface area contributed by atoms with Crippen LogP contribution in [0.25, 0.3) is 11.8 Å². The Morgan fingerprint density at radius 1 is 1.18 bits per heavy atom. The fourth-order valence-corrected chi connectivity index (χ4v) is 3.25. The highest BCUT2D eigenvalue weighted by atomic mass is 35.5. The maximum atomic E-state index is 12.3. The maximum absolute atomic E-state index is 12.3. The summed E-state index contributed by atoms with van der Waals surface area (Å²) < 4.78 is 1.79. The molecule has 0 bridgehead atoms. The number of nitrogens with one attached hydrogen (secondary N) is 1. The fourth-order valence-electron chi connectivity index (χ4n) is 3.05. The molecule has 2 aromatic rings. The zero-order valence-electron chi connectivity index (χ0n) is 15.2. The van der Waals surface area contributed by atoms with E-state index < -0.39 is 23.8 Å². The van der Waals surface area contributed by atoms with Crippen molar-refractivity contribution in [1.29, 1.82) is 0 Å². The minimum absolute atomic E-state index is 0.0338. The van der Waals surface area contributed by atoms with Crippen LogP contribution in [0.5, 0.6) is 0 Å². The summed E-state index contributed by atoms with van der Waals surface area (Å²) in [5, 5.41) is 11.5. The first-order valence-corrected chi connectivity index (χ1v) is 8.57. The Morgan fingerprint density at radius 3 is 2.50 bits per heavy atom. The van der Waals surface area contributed by atoms with Crippen molar-refractivity contribution < 1.29 is 24.3 Å². The highest BCUT2D eigenvalue weighted by Gasteiger charge is 2.33. The van der Waals surface area contributed by atoms with E-state index in [1.54, 1.807) is 23.6 Å². The van der Waals surface area contributed by atoms with Gasteiger partial charge in [-0.1, -0.05) is 11.6 Å². The van der Waals surface area contributed by atoms with Crippen LogP contribution >= 0.6 is 11.6 Å². The molecule has 3 rings (SSSR count). The number of nitrogens with zero attached hydrogens (tertiary/aromatic N) is 2. The van der Waals surface area contributed by atoms with Crippen molar-refractivity contribution in [3.05, 3.63) is 57.4 Å². The Morgan fingerprint density at radius 2 is 1.86 bits per heavy atom. The number of carboxylic acids is 1. The third-order valence-corrected chi connectivity index (χ3v) is 4.84. The number of aromatic nitrogens is 1. The monoisotopic (exact) mass is 401 g/mol. The molecule has 2 N–H and O–H groups in total. The number of aryl methyl sites for hydroxylation is 1. The molecule has 0 unspecified atom stereocenters. The Bertz CT molecular complexity index is 1080. The van der Waals surface area contributed by atoms with Crippen molar-refractivity contribution in [1.82, 2.24) is 14.8 Å². The van der Waals surface area contributed by atoms with E-state index >= 15 is 0 Å². The Labute approximate surface area is 165 Å². The van der Waals surface area contributed by atoms with Crippen molar-refractivity contribution in [3.8, 4) is 5.69 Å². The summed E-state index contributed by atoms with van der Waals surface area (Å²) in [5.41, 5.74) is 2.41. The van der Waals surface area contributed by atoms with Gasteiger partial charge in [-0.05, 0) is 49.8 Å². The van der Waals surface area contributed by atoms with Gasteiger partial charge in [-0.2, -0.15) is 0 Å². The molecular weight excluding hydrogens is 386 g/mol. The maximum Gasteiger partial charge on any atom is 0.337 e. The molecule has 1 saturated heterocycles. The lowest BCUT2D eigenvalue weighted by Crippen LogP contribution is -2.52. The van der Waals surface area contributed by atoms with Crippen LogP contribution in [0.2, 0.25) is 5.02 Å². The van der Waals surface area contributed by atoms with Gasteiger partial charge in [-0.25, -0.2) is 9.59 Å². The molecule has 28 heavy (non-hydrogen) atoms. The molecule has 4 amide bonds. The molecule has 144 valence electrons. The van der Waals surface area contributed by atoms with Crippen LogP contribution in [0.4, 0.5) is 4.79 Å². The van der Waals surface area contributed by atoms with Crippen molar-refractivity contribution in [2.75, 3.05) is 7.05 Å². The number of rotatable bonds is 3. The van der Waals surface area contributed by atoms with E-state index in [2.05, 4.69) is 5.32 Å². The predicted octanol–water partition coefficient (Wildman–Crippen LogP) is 2.54. The van der Waals surface area contributed by atoms with Gasteiger partial charge < -0.3 is 9.67 Å². The number of benzene rings is 1. The van der Waals surface area contributed by atoms with E-state index in [4.69, 9.17) is 11.6 Å². The van der Waals surface area contributed by atoms with Crippen molar-refractivity contribution in [2.45, 2.75) is 13.8 Å². The number of barbiturate groups is 1. The number of amides is 4. The number of carbonyl (C=O) groups is 4. The Kier molecular flexibility index (Phi) is 4.82. The van der Waals surface area contributed by atoms with Crippen molar-refractivity contribution in [3.63, 3.8) is 0 Å². The number of urea groups is 1. The number of imide groups is 2. The summed E-state index contributed by atoms with van der Waals surface area (Å²) in [6.45, 7) is 3.58. The second-order valence-corrected chi connectivity index (χ2v) is 6.72. The van der Waals surface area contributed by atoms with E-state index in [-0.39, 0.29) is 16.2 Å². The first-order valence-electron chi connectivity index (χ1n) is 8.19. The molecule has 8 nitrogen and oxygen atoms in total. The van der Waals surface area contributed by atoms with Crippen molar-refractivity contribution in [2.24, 2.45) is 0 Å². The van der Waals surface area contributed by atoms with Gasteiger partial charge in [0.2, 0.25) is 0 Å². The first kappa shape index (κ1) is 19.4. The molecule has 0 saturated carbocycles. The molecule has 0 spiro atoms.